The highest BCUT2D eigenvalue weighted by Crippen LogP contribution is 2.25. The van der Waals surface area contributed by atoms with E-state index in [1.54, 1.807) is 30.3 Å². The molecule has 0 aliphatic heterocycles. The number of aryl methyl sites for hydroxylation is 1. The predicted octanol–water partition coefficient (Wildman–Crippen LogP) is 3.39. The van der Waals surface area contributed by atoms with Crippen LogP contribution in [0.1, 0.15) is 24.0 Å². The molecule has 0 saturated heterocycles. The smallest absolute Gasteiger partial charge is 0.313 e. The van der Waals surface area contributed by atoms with E-state index in [1.807, 2.05) is 0 Å². The minimum absolute atomic E-state index is 0.0680. The lowest BCUT2D eigenvalue weighted by molar-refractivity contribution is -0.147. The van der Waals surface area contributed by atoms with Gasteiger partial charge in [0.05, 0.1) is 0 Å². The summed E-state index contributed by atoms with van der Waals surface area (Å²) in [4.78, 5) is 23.5. The third-order valence-electron chi connectivity index (χ3n) is 3.36. The maximum absolute atomic E-state index is 11.8. The monoisotopic (exact) mass is 348 g/mol. The second-order valence-corrected chi connectivity index (χ2v) is 5.77. The van der Waals surface area contributed by atoms with Gasteiger partial charge in [0, 0.05) is 11.4 Å². The van der Waals surface area contributed by atoms with Crippen LogP contribution in [0.25, 0.3) is 0 Å². The van der Waals surface area contributed by atoms with E-state index in [0.29, 0.717) is 17.0 Å². The molecule has 0 aromatic heterocycles. The largest absolute Gasteiger partial charge is 0.504 e. The van der Waals surface area contributed by atoms with Crippen LogP contribution in [-0.2, 0) is 27.4 Å². The molecule has 6 heteroatoms. The minimum Gasteiger partial charge on any atom is -0.504 e. The number of rotatable bonds is 7. The molecule has 0 unspecified atom stereocenters. The Morgan fingerprint density at radius 3 is 2.50 bits per heavy atom. The van der Waals surface area contributed by atoms with Gasteiger partial charge in [0.15, 0.2) is 11.5 Å². The number of ketones is 1. The number of aromatic hydroxyl groups is 2. The molecule has 2 N–H and O–H groups in total. The van der Waals surface area contributed by atoms with Crippen molar-refractivity contribution < 1.29 is 24.5 Å². The SMILES string of the molecule is O=C(CCc1ccc(O)c(O)c1)CC(=O)OCc1cccc(Cl)c1. The molecule has 126 valence electrons. The molecule has 0 aliphatic rings. The first-order chi connectivity index (χ1) is 11.4. The number of carbonyl (C=O) groups excluding carboxylic acids is 2. The van der Waals surface area contributed by atoms with Crippen molar-refractivity contribution >= 4 is 23.4 Å². The number of Topliss-reactive ketones (excluding diaryl/α,β-unsaturated/α-hetero) is 1. The highest BCUT2D eigenvalue weighted by Gasteiger charge is 2.12. The zero-order valence-corrected chi connectivity index (χ0v) is 13.6. The summed E-state index contributed by atoms with van der Waals surface area (Å²) in [6, 6.07) is 11.3. The summed E-state index contributed by atoms with van der Waals surface area (Å²) in [5.74, 6) is -1.29. The number of phenols is 2. The fourth-order valence-electron chi connectivity index (χ4n) is 2.10. The van der Waals surface area contributed by atoms with Crippen molar-refractivity contribution in [3.05, 3.63) is 58.6 Å². The molecule has 5 nitrogen and oxygen atoms in total. The Balaban J connectivity index is 1.75. The molecule has 2 aromatic rings. The molecule has 0 aliphatic carbocycles. The Hall–Kier alpha value is -2.53. The molecule has 0 fully saturated rings. The van der Waals surface area contributed by atoms with E-state index in [-0.39, 0.29) is 36.7 Å². The Morgan fingerprint density at radius 2 is 1.79 bits per heavy atom. The van der Waals surface area contributed by atoms with Gasteiger partial charge in [-0.15, -0.1) is 0 Å². The van der Waals surface area contributed by atoms with Gasteiger partial charge < -0.3 is 14.9 Å². The summed E-state index contributed by atoms with van der Waals surface area (Å²) in [5.41, 5.74) is 1.45. The normalized spacial score (nSPS) is 10.4. The summed E-state index contributed by atoms with van der Waals surface area (Å²) >= 11 is 5.84. The molecule has 0 heterocycles. The van der Waals surface area contributed by atoms with Gasteiger partial charge in [-0.2, -0.15) is 0 Å². The van der Waals surface area contributed by atoms with E-state index in [2.05, 4.69) is 0 Å². The van der Waals surface area contributed by atoms with Crippen molar-refractivity contribution in [1.82, 2.24) is 0 Å². The number of benzene rings is 2. The highest BCUT2D eigenvalue weighted by molar-refractivity contribution is 6.30. The zero-order chi connectivity index (χ0) is 17.5. The van der Waals surface area contributed by atoms with Crippen LogP contribution in [0.5, 0.6) is 11.5 Å². The average molecular weight is 349 g/mol. The van der Waals surface area contributed by atoms with Crippen LogP contribution >= 0.6 is 11.6 Å². The fraction of sp³-hybridized carbons (Fsp3) is 0.222. The minimum atomic E-state index is -0.589. The van der Waals surface area contributed by atoms with Crippen molar-refractivity contribution in [3.8, 4) is 11.5 Å². The van der Waals surface area contributed by atoms with Gasteiger partial charge in [-0.05, 0) is 41.8 Å². The average Bonchev–Trinajstić information content (AvgIpc) is 2.54. The van der Waals surface area contributed by atoms with Crippen LogP contribution in [0.3, 0.4) is 0 Å². The van der Waals surface area contributed by atoms with Gasteiger partial charge in [0.2, 0.25) is 0 Å². The number of hydrogen-bond donors (Lipinski definition) is 2. The molecular formula is C18H17ClO5. The van der Waals surface area contributed by atoms with Crippen molar-refractivity contribution in [1.29, 1.82) is 0 Å². The van der Waals surface area contributed by atoms with E-state index >= 15 is 0 Å². The van der Waals surface area contributed by atoms with Crippen LogP contribution in [0.15, 0.2) is 42.5 Å². The summed E-state index contributed by atoms with van der Waals surface area (Å²) in [5, 5.41) is 19.2. The van der Waals surface area contributed by atoms with Crippen LogP contribution in [-0.4, -0.2) is 22.0 Å². The topological polar surface area (TPSA) is 83.8 Å². The van der Waals surface area contributed by atoms with Gasteiger partial charge in [0.25, 0.3) is 0 Å². The molecule has 0 spiro atoms. The van der Waals surface area contributed by atoms with Gasteiger partial charge in [-0.25, -0.2) is 0 Å². The maximum Gasteiger partial charge on any atom is 0.313 e. The standard InChI is InChI=1S/C18H17ClO5/c19-14-3-1-2-13(8-14)11-24-18(23)10-15(20)6-4-12-5-7-16(21)17(22)9-12/h1-3,5,7-9,21-22H,4,6,10-11H2. The number of halogens is 1. The van der Waals surface area contributed by atoms with E-state index < -0.39 is 5.97 Å². The van der Waals surface area contributed by atoms with E-state index in [1.165, 1.54) is 12.1 Å². The van der Waals surface area contributed by atoms with E-state index in [4.69, 9.17) is 16.3 Å². The number of phenolic OH excluding ortho intramolecular Hbond substituents is 2. The van der Waals surface area contributed by atoms with Gasteiger partial charge in [0.1, 0.15) is 18.8 Å². The van der Waals surface area contributed by atoms with Crippen LogP contribution < -0.4 is 0 Å². The second kappa shape index (κ2) is 8.36. The molecular weight excluding hydrogens is 332 g/mol. The predicted molar refractivity (Wildman–Crippen MR) is 89.0 cm³/mol. The number of hydrogen-bond acceptors (Lipinski definition) is 5. The van der Waals surface area contributed by atoms with Gasteiger partial charge >= 0.3 is 5.97 Å². The lowest BCUT2D eigenvalue weighted by Gasteiger charge is -2.06. The quantitative estimate of drug-likeness (QED) is 0.455. The Kier molecular flexibility index (Phi) is 6.21. The summed E-state index contributed by atoms with van der Waals surface area (Å²) in [6.45, 7) is 0.0680. The number of esters is 1. The van der Waals surface area contributed by atoms with Crippen molar-refractivity contribution in [2.24, 2.45) is 0 Å². The highest BCUT2D eigenvalue weighted by atomic mass is 35.5. The van der Waals surface area contributed by atoms with Crippen molar-refractivity contribution in [3.63, 3.8) is 0 Å². The molecule has 0 bridgehead atoms. The zero-order valence-electron chi connectivity index (χ0n) is 12.9. The van der Waals surface area contributed by atoms with Crippen LogP contribution in [0, 0.1) is 0 Å². The van der Waals surface area contributed by atoms with E-state index in [0.717, 1.165) is 5.56 Å². The lowest BCUT2D eigenvalue weighted by Crippen LogP contribution is -2.12. The molecule has 2 aromatic carbocycles. The molecule has 0 saturated carbocycles. The molecule has 0 atom stereocenters. The Morgan fingerprint density at radius 1 is 1.00 bits per heavy atom. The number of ether oxygens (including phenoxy) is 1. The van der Waals surface area contributed by atoms with Crippen LogP contribution in [0.2, 0.25) is 5.02 Å². The number of carbonyl (C=O) groups is 2. The molecule has 24 heavy (non-hydrogen) atoms. The summed E-state index contributed by atoms with van der Waals surface area (Å²) in [7, 11) is 0. The fourth-order valence-corrected chi connectivity index (χ4v) is 2.31. The van der Waals surface area contributed by atoms with Crippen molar-refractivity contribution in [2.45, 2.75) is 25.9 Å². The first-order valence-electron chi connectivity index (χ1n) is 7.36. The molecule has 2 rings (SSSR count). The lowest BCUT2D eigenvalue weighted by atomic mass is 10.1. The summed E-state index contributed by atoms with van der Waals surface area (Å²) < 4.78 is 5.05. The third kappa shape index (κ3) is 5.59. The van der Waals surface area contributed by atoms with Gasteiger partial charge in [-0.1, -0.05) is 29.8 Å². The van der Waals surface area contributed by atoms with Crippen LogP contribution in [0.4, 0.5) is 0 Å². The first kappa shape index (κ1) is 17.8. The van der Waals surface area contributed by atoms with Crippen molar-refractivity contribution in [2.75, 3.05) is 0 Å². The molecule has 0 radical (unpaired) electrons. The Bertz CT molecular complexity index is 742. The van der Waals surface area contributed by atoms with E-state index in [9.17, 15) is 19.8 Å². The Labute approximate surface area is 144 Å². The second-order valence-electron chi connectivity index (χ2n) is 5.33. The first-order valence-corrected chi connectivity index (χ1v) is 7.74. The third-order valence-corrected chi connectivity index (χ3v) is 3.60. The molecule has 0 amide bonds. The summed E-state index contributed by atoms with van der Waals surface area (Å²) in [6.07, 6.45) is 0.218. The maximum atomic E-state index is 11.8. The van der Waals surface area contributed by atoms with Gasteiger partial charge in [-0.3, -0.25) is 9.59 Å².